The van der Waals surface area contributed by atoms with E-state index >= 15 is 0 Å². The number of nitrogens with zero attached hydrogens (tertiary/aromatic N) is 2. The van der Waals surface area contributed by atoms with Gasteiger partial charge in [0.05, 0.1) is 23.4 Å². The second-order valence-corrected chi connectivity index (χ2v) is 7.16. The van der Waals surface area contributed by atoms with E-state index in [0.717, 1.165) is 42.4 Å². The summed E-state index contributed by atoms with van der Waals surface area (Å²) in [4.78, 5) is 4.80. The molecule has 4 atom stereocenters. The summed E-state index contributed by atoms with van der Waals surface area (Å²) in [6.07, 6.45) is 14.6. The summed E-state index contributed by atoms with van der Waals surface area (Å²) in [5, 5.41) is 9.28. The third-order valence-electron chi connectivity index (χ3n) is 5.99. The van der Waals surface area contributed by atoms with Crippen LogP contribution in [0.15, 0.2) is 16.3 Å². The summed E-state index contributed by atoms with van der Waals surface area (Å²) in [5.74, 6) is 2.05. The van der Waals surface area contributed by atoms with Crippen molar-refractivity contribution in [2.75, 3.05) is 7.11 Å². The highest BCUT2D eigenvalue weighted by Gasteiger charge is 2.39. The maximum absolute atomic E-state index is 9.28. The van der Waals surface area contributed by atoms with Gasteiger partial charge in [-0.05, 0) is 56.8 Å². The smallest absolute Gasteiger partial charge is 0.0966 e. The molecule has 120 valence electrons. The Kier molecular flexibility index (Phi) is 5.31. The lowest BCUT2D eigenvalue weighted by Crippen LogP contribution is -2.41. The van der Waals surface area contributed by atoms with Gasteiger partial charge in [0, 0.05) is 19.2 Å². The zero-order valence-corrected chi connectivity index (χ0v) is 13.8. The molecule has 0 aliphatic heterocycles. The molecule has 0 aromatic rings. The largest absolute Gasteiger partial charge is 0.381 e. The molecule has 3 aliphatic rings. The molecule has 2 fully saturated rings. The van der Waals surface area contributed by atoms with Crippen LogP contribution < -0.4 is 0 Å². The summed E-state index contributed by atoms with van der Waals surface area (Å²) in [6.45, 7) is 0. The molecule has 0 spiro atoms. The van der Waals surface area contributed by atoms with Gasteiger partial charge in [-0.25, -0.2) is 0 Å². The van der Waals surface area contributed by atoms with Crippen LogP contribution in [-0.2, 0) is 4.74 Å². The van der Waals surface area contributed by atoms with E-state index in [9.17, 15) is 5.26 Å². The van der Waals surface area contributed by atoms with Gasteiger partial charge in [-0.15, -0.1) is 0 Å². The maximum atomic E-state index is 9.28. The molecule has 3 heteroatoms. The van der Waals surface area contributed by atoms with Crippen molar-refractivity contribution in [3.05, 3.63) is 11.3 Å². The predicted octanol–water partition coefficient (Wildman–Crippen LogP) is 4.64. The molecule has 3 aliphatic carbocycles. The van der Waals surface area contributed by atoms with Crippen LogP contribution in [0.4, 0.5) is 0 Å². The number of fused-ring (bicyclic) bond motifs is 1. The van der Waals surface area contributed by atoms with Crippen molar-refractivity contribution in [1.29, 1.82) is 5.26 Å². The van der Waals surface area contributed by atoms with Crippen LogP contribution in [0, 0.1) is 29.1 Å². The lowest BCUT2D eigenvalue weighted by atomic mass is 9.65. The molecule has 0 amide bonds. The average Bonchev–Trinajstić information content (AvgIpc) is 2.59. The van der Waals surface area contributed by atoms with Crippen molar-refractivity contribution in [2.45, 2.75) is 70.3 Å². The highest BCUT2D eigenvalue weighted by molar-refractivity contribution is 5.64. The first-order chi connectivity index (χ1) is 10.8. The van der Waals surface area contributed by atoms with Gasteiger partial charge in [0.1, 0.15) is 0 Å². The molecule has 0 aromatic carbocycles. The first-order valence-corrected chi connectivity index (χ1v) is 9.02. The molecule has 0 aromatic heterocycles. The zero-order valence-electron chi connectivity index (χ0n) is 13.8. The number of methoxy groups -OCH3 is 1. The van der Waals surface area contributed by atoms with Crippen molar-refractivity contribution in [2.24, 2.45) is 22.7 Å². The van der Waals surface area contributed by atoms with Crippen LogP contribution in [0.1, 0.15) is 64.2 Å². The van der Waals surface area contributed by atoms with Crippen LogP contribution in [0.5, 0.6) is 0 Å². The van der Waals surface area contributed by atoms with Crippen LogP contribution in [0.2, 0.25) is 0 Å². The summed E-state index contributed by atoms with van der Waals surface area (Å²) in [5.41, 5.74) is 1.95. The Morgan fingerprint density at radius 2 is 1.91 bits per heavy atom. The molecule has 4 unspecified atom stereocenters. The van der Waals surface area contributed by atoms with E-state index in [1.54, 1.807) is 0 Å². The lowest BCUT2D eigenvalue weighted by molar-refractivity contribution is -0.0108. The molecular formula is C19H28N2O. The Morgan fingerprint density at radius 1 is 1.09 bits per heavy atom. The second-order valence-electron chi connectivity index (χ2n) is 7.16. The SMILES string of the molecule is COC1CCC2CCCCC2C1C=NC1=C(C#N)CCCC1. The van der Waals surface area contributed by atoms with Crippen molar-refractivity contribution in [1.82, 2.24) is 0 Å². The van der Waals surface area contributed by atoms with E-state index in [-0.39, 0.29) is 0 Å². The fraction of sp³-hybridized carbons (Fsp3) is 0.789. The van der Waals surface area contributed by atoms with E-state index < -0.39 is 0 Å². The third-order valence-corrected chi connectivity index (χ3v) is 5.99. The zero-order chi connectivity index (χ0) is 15.4. The van der Waals surface area contributed by atoms with Crippen molar-refractivity contribution < 1.29 is 4.74 Å². The van der Waals surface area contributed by atoms with E-state index in [2.05, 4.69) is 12.3 Å². The number of hydrogen-bond donors (Lipinski definition) is 0. The Bertz CT molecular complexity index is 488. The molecule has 0 saturated heterocycles. The summed E-state index contributed by atoms with van der Waals surface area (Å²) >= 11 is 0. The molecule has 0 bridgehead atoms. The van der Waals surface area contributed by atoms with Crippen molar-refractivity contribution >= 4 is 6.21 Å². The monoisotopic (exact) mass is 300 g/mol. The Balaban J connectivity index is 1.79. The van der Waals surface area contributed by atoms with Crippen LogP contribution in [-0.4, -0.2) is 19.4 Å². The van der Waals surface area contributed by atoms with Gasteiger partial charge in [0.15, 0.2) is 0 Å². The normalized spacial score (nSPS) is 36.2. The molecule has 3 nitrogen and oxygen atoms in total. The Morgan fingerprint density at radius 3 is 2.73 bits per heavy atom. The maximum Gasteiger partial charge on any atom is 0.0966 e. The minimum atomic E-state index is 0.317. The second kappa shape index (κ2) is 7.42. The number of rotatable bonds is 3. The minimum Gasteiger partial charge on any atom is -0.381 e. The van der Waals surface area contributed by atoms with Crippen LogP contribution in [0.25, 0.3) is 0 Å². The van der Waals surface area contributed by atoms with Gasteiger partial charge < -0.3 is 4.74 Å². The summed E-state index contributed by atoms with van der Waals surface area (Å²) < 4.78 is 5.77. The van der Waals surface area contributed by atoms with E-state index in [0.29, 0.717) is 12.0 Å². The van der Waals surface area contributed by atoms with E-state index in [1.807, 2.05) is 7.11 Å². The number of hydrogen-bond acceptors (Lipinski definition) is 3. The summed E-state index contributed by atoms with van der Waals surface area (Å²) in [7, 11) is 1.84. The number of aliphatic imine (C=N–C) groups is 1. The number of ether oxygens (including phenoxy) is 1. The van der Waals surface area contributed by atoms with Gasteiger partial charge >= 0.3 is 0 Å². The van der Waals surface area contributed by atoms with E-state index in [1.165, 1.54) is 44.9 Å². The fourth-order valence-electron chi connectivity index (χ4n) is 4.76. The minimum absolute atomic E-state index is 0.317. The quantitative estimate of drug-likeness (QED) is 0.713. The first kappa shape index (κ1) is 15.7. The van der Waals surface area contributed by atoms with Crippen LogP contribution in [0.3, 0.4) is 0 Å². The topological polar surface area (TPSA) is 45.4 Å². The molecule has 3 rings (SSSR count). The number of nitriles is 1. The number of allylic oxidation sites excluding steroid dienone is 2. The van der Waals surface area contributed by atoms with Gasteiger partial charge in [0.2, 0.25) is 0 Å². The van der Waals surface area contributed by atoms with Gasteiger partial charge in [-0.2, -0.15) is 5.26 Å². The van der Waals surface area contributed by atoms with Gasteiger partial charge in [-0.3, -0.25) is 4.99 Å². The molecule has 2 saturated carbocycles. The Hall–Kier alpha value is -1.14. The highest BCUT2D eigenvalue weighted by Crippen LogP contribution is 2.44. The average molecular weight is 300 g/mol. The molecule has 0 radical (unpaired) electrons. The van der Waals surface area contributed by atoms with Crippen LogP contribution >= 0.6 is 0 Å². The van der Waals surface area contributed by atoms with Crippen molar-refractivity contribution in [3.8, 4) is 6.07 Å². The Labute approximate surface area is 134 Å². The standard InChI is InChI=1S/C19H28N2O/c1-22-19-11-10-14-6-2-4-8-16(14)17(19)13-21-18-9-5-3-7-15(18)12-20/h13-14,16-17,19H,2-11H2,1H3. The molecular weight excluding hydrogens is 272 g/mol. The predicted molar refractivity (Wildman–Crippen MR) is 88.6 cm³/mol. The molecule has 0 N–H and O–H groups in total. The van der Waals surface area contributed by atoms with Gasteiger partial charge in [0.25, 0.3) is 0 Å². The molecule has 0 heterocycles. The summed E-state index contributed by atoms with van der Waals surface area (Å²) in [6, 6.07) is 2.36. The molecule has 22 heavy (non-hydrogen) atoms. The fourth-order valence-corrected chi connectivity index (χ4v) is 4.76. The highest BCUT2D eigenvalue weighted by atomic mass is 16.5. The van der Waals surface area contributed by atoms with Gasteiger partial charge in [-0.1, -0.05) is 19.3 Å². The third kappa shape index (κ3) is 3.27. The van der Waals surface area contributed by atoms with E-state index in [4.69, 9.17) is 9.73 Å². The first-order valence-electron chi connectivity index (χ1n) is 9.02. The lowest BCUT2D eigenvalue weighted by Gasteiger charge is -2.43. The van der Waals surface area contributed by atoms with Crippen molar-refractivity contribution in [3.63, 3.8) is 0 Å².